The van der Waals surface area contributed by atoms with Gasteiger partial charge in [-0.3, -0.25) is 15.6 Å². The van der Waals surface area contributed by atoms with Crippen molar-refractivity contribution >= 4 is 17.3 Å². The summed E-state index contributed by atoms with van der Waals surface area (Å²) in [5.41, 5.74) is 12.2. The molecule has 0 unspecified atom stereocenters. The van der Waals surface area contributed by atoms with E-state index in [-0.39, 0.29) is 11.4 Å². The van der Waals surface area contributed by atoms with Crippen LogP contribution < -0.4 is 16.3 Å². The summed E-state index contributed by atoms with van der Waals surface area (Å²) in [5.74, 6) is 0.923. The second-order valence-electron chi connectivity index (χ2n) is 7.57. The van der Waals surface area contributed by atoms with Crippen LogP contribution in [-0.4, -0.2) is 17.2 Å². The lowest BCUT2D eigenvalue weighted by Crippen LogP contribution is -2.48. The average molecular weight is 354 g/mol. The number of hydrogen-bond acceptors (Lipinski definition) is 5. The molecule has 6 nitrogen and oxygen atoms in total. The first-order valence-electron chi connectivity index (χ1n) is 8.93. The molecule has 1 amide bonds. The normalized spacial score (nSPS) is 15.6. The summed E-state index contributed by atoms with van der Waals surface area (Å²) in [4.78, 5) is 12.5. The van der Waals surface area contributed by atoms with Crippen LogP contribution >= 0.6 is 0 Å². The molecule has 1 aliphatic rings. The lowest BCUT2D eigenvalue weighted by atomic mass is 9.93. The maximum Gasteiger partial charge on any atom is 0.301 e. The van der Waals surface area contributed by atoms with Crippen molar-refractivity contribution in [1.82, 2.24) is 10.9 Å². The molecule has 1 heterocycles. The largest absolute Gasteiger partial charge is 0.455 e. The smallest absolute Gasteiger partial charge is 0.301 e. The summed E-state index contributed by atoms with van der Waals surface area (Å²) in [6.07, 6.45) is 2.63. The monoisotopic (exact) mass is 354 g/mol. The van der Waals surface area contributed by atoms with Crippen molar-refractivity contribution < 1.29 is 9.21 Å². The summed E-state index contributed by atoms with van der Waals surface area (Å²) < 4.78 is 5.89. The van der Waals surface area contributed by atoms with E-state index < -0.39 is 0 Å². The number of nitrogens with zero attached hydrogens (tertiary/aromatic N) is 1. The quantitative estimate of drug-likeness (QED) is 0.730. The van der Waals surface area contributed by atoms with Crippen molar-refractivity contribution in [1.29, 1.82) is 0 Å². The molecule has 1 aliphatic carbocycles. The molecule has 0 saturated carbocycles. The van der Waals surface area contributed by atoms with Gasteiger partial charge in [0.2, 0.25) is 0 Å². The molecule has 0 spiro atoms. The summed E-state index contributed by atoms with van der Waals surface area (Å²) in [6.45, 7) is 7.85. The summed E-state index contributed by atoms with van der Waals surface area (Å²) >= 11 is 0. The maximum absolute atomic E-state index is 12.5. The zero-order valence-electron chi connectivity index (χ0n) is 15.8. The van der Waals surface area contributed by atoms with Gasteiger partial charge in [-0.1, -0.05) is 18.2 Å². The molecule has 3 rings (SSSR count). The number of fused-ring (bicyclic) bond motifs is 1. The molecule has 1 aromatic carbocycles. The van der Waals surface area contributed by atoms with Crippen LogP contribution in [0.1, 0.15) is 61.1 Å². The standard InChI is InChI=1S/C20H26N4O2/c1-13-17-15(22-21-14-9-6-5-7-10-14)11-8-12-16(17)26-18(13)19(25)23-24-20(2,3)4/h5-7,9-10,21,24H,8,11-12H2,1-4H3,(H,23,25)/b22-15+. The van der Waals surface area contributed by atoms with E-state index in [9.17, 15) is 4.79 Å². The Kier molecular flexibility index (Phi) is 5.13. The van der Waals surface area contributed by atoms with Crippen LogP contribution in [0.25, 0.3) is 0 Å². The van der Waals surface area contributed by atoms with E-state index in [2.05, 4.69) is 21.4 Å². The first-order valence-corrected chi connectivity index (χ1v) is 8.93. The molecule has 0 radical (unpaired) electrons. The van der Waals surface area contributed by atoms with Crippen LogP contribution in [0.15, 0.2) is 39.9 Å². The molecule has 0 saturated heterocycles. The van der Waals surface area contributed by atoms with Crippen LogP contribution in [0.3, 0.4) is 0 Å². The predicted octanol–water partition coefficient (Wildman–Crippen LogP) is 3.77. The second kappa shape index (κ2) is 7.33. The third kappa shape index (κ3) is 4.14. The summed E-state index contributed by atoms with van der Waals surface area (Å²) in [6, 6.07) is 9.82. The van der Waals surface area contributed by atoms with Gasteiger partial charge in [0.15, 0.2) is 5.76 Å². The number of rotatable bonds is 4. The molecular formula is C20H26N4O2. The number of benzene rings is 1. The Labute approximate surface area is 154 Å². The Bertz CT molecular complexity index is 816. The van der Waals surface area contributed by atoms with Gasteiger partial charge in [0.05, 0.1) is 11.4 Å². The third-order valence-electron chi connectivity index (χ3n) is 4.18. The van der Waals surface area contributed by atoms with Gasteiger partial charge in [0.1, 0.15) is 5.76 Å². The number of hydrazone groups is 1. The minimum absolute atomic E-state index is 0.220. The molecule has 3 N–H and O–H groups in total. The fraction of sp³-hybridized carbons (Fsp3) is 0.400. The fourth-order valence-corrected chi connectivity index (χ4v) is 2.94. The topological polar surface area (TPSA) is 78.7 Å². The Morgan fingerprint density at radius 2 is 1.88 bits per heavy atom. The number of para-hydroxylation sites is 1. The van der Waals surface area contributed by atoms with Gasteiger partial charge in [-0.25, -0.2) is 5.43 Å². The van der Waals surface area contributed by atoms with Crippen LogP contribution in [0.2, 0.25) is 0 Å². The number of aryl methyl sites for hydroxylation is 1. The molecule has 138 valence electrons. The molecule has 0 fully saturated rings. The minimum Gasteiger partial charge on any atom is -0.455 e. The first kappa shape index (κ1) is 18.2. The highest BCUT2D eigenvalue weighted by Crippen LogP contribution is 2.30. The average Bonchev–Trinajstić information content (AvgIpc) is 2.96. The molecule has 26 heavy (non-hydrogen) atoms. The number of amides is 1. The maximum atomic E-state index is 12.5. The Morgan fingerprint density at radius 1 is 1.15 bits per heavy atom. The van der Waals surface area contributed by atoms with E-state index in [1.54, 1.807) is 0 Å². The summed E-state index contributed by atoms with van der Waals surface area (Å²) in [7, 11) is 0. The van der Waals surface area contributed by atoms with Crippen LogP contribution in [0.4, 0.5) is 5.69 Å². The molecule has 0 aliphatic heterocycles. The van der Waals surface area contributed by atoms with E-state index in [1.807, 2.05) is 58.0 Å². The molecule has 0 atom stereocenters. The van der Waals surface area contributed by atoms with Crippen molar-refractivity contribution in [2.24, 2.45) is 5.10 Å². The summed E-state index contributed by atoms with van der Waals surface area (Å²) in [5, 5.41) is 4.57. The highest BCUT2D eigenvalue weighted by Gasteiger charge is 2.28. The number of hydrazine groups is 1. The highest BCUT2D eigenvalue weighted by atomic mass is 16.4. The second-order valence-corrected chi connectivity index (χ2v) is 7.57. The van der Waals surface area contributed by atoms with Gasteiger partial charge < -0.3 is 4.42 Å². The predicted molar refractivity (Wildman–Crippen MR) is 103 cm³/mol. The van der Waals surface area contributed by atoms with Crippen molar-refractivity contribution in [2.75, 3.05) is 5.43 Å². The Hall–Kier alpha value is -2.60. The third-order valence-corrected chi connectivity index (χ3v) is 4.18. The van der Waals surface area contributed by atoms with Crippen molar-refractivity contribution in [3.8, 4) is 0 Å². The Morgan fingerprint density at radius 3 is 2.58 bits per heavy atom. The number of hydrogen-bond donors (Lipinski definition) is 3. The molecule has 1 aromatic heterocycles. The van der Waals surface area contributed by atoms with Gasteiger partial charge in [-0.2, -0.15) is 5.10 Å². The zero-order valence-corrected chi connectivity index (χ0v) is 15.8. The number of furan rings is 1. The SMILES string of the molecule is Cc1c(C(=O)NNC(C)(C)C)oc2c1/C(=N/Nc1ccccc1)CCC2. The number of carbonyl (C=O) groups is 1. The van der Waals surface area contributed by atoms with Gasteiger partial charge >= 0.3 is 5.91 Å². The fourth-order valence-electron chi connectivity index (χ4n) is 2.94. The van der Waals surface area contributed by atoms with Gasteiger partial charge in [0.25, 0.3) is 0 Å². The van der Waals surface area contributed by atoms with Crippen molar-refractivity contribution in [3.63, 3.8) is 0 Å². The molecule has 0 bridgehead atoms. The number of nitrogens with one attached hydrogen (secondary N) is 3. The van der Waals surface area contributed by atoms with Crippen molar-refractivity contribution in [3.05, 3.63) is 53.0 Å². The number of carbonyl (C=O) groups excluding carboxylic acids is 1. The van der Waals surface area contributed by atoms with E-state index in [4.69, 9.17) is 4.42 Å². The molecule has 2 aromatic rings. The lowest BCUT2D eigenvalue weighted by Gasteiger charge is -2.20. The van der Waals surface area contributed by atoms with E-state index in [0.29, 0.717) is 5.76 Å². The Balaban J connectivity index is 1.83. The van der Waals surface area contributed by atoms with Gasteiger partial charge in [-0.05, 0) is 52.7 Å². The van der Waals surface area contributed by atoms with Crippen molar-refractivity contribution in [2.45, 2.75) is 52.5 Å². The first-order chi connectivity index (χ1) is 12.3. The molecule has 6 heteroatoms. The van der Waals surface area contributed by atoms with Crippen LogP contribution in [0.5, 0.6) is 0 Å². The van der Waals surface area contributed by atoms with Gasteiger partial charge in [-0.15, -0.1) is 0 Å². The van der Waals surface area contributed by atoms with E-state index in [1.165, 1.54) is 0 Å². The molecular weight excluding hydrogens is 328 g/mol. The zero-order chi connectivity index (χ0) is 18.7. The lowest BCUT2D eigenvalue weighted by molar-refractivity contribution is 0.0883. The number of anilines is 1. The highest BCUT2D eigenvalue weighted by molar-refractivity contribution is 6.06. The van der Waals surface area contributed by atoms with E-state index >= 15 is 0 Å². The van der Waals surface area contributed by atoms with Crippen LogP contribution in [0, 0.1) is 6.92 Å². The van der Waals surface area contributed by atoms with E-state index in [0.717, 1.165) is 47.5 Å². The van der Waals surface area contributed by atoms with Crippen LogP contribution in [-0.2, 0) is 6.42 Å². The minimum atomic E-state index is -0.262. The van der Waals surface area contributed by atoms with Gasteiger partial charge in [0, 0.05) is 23.1 Å².